The Labute approximate surface area is 88.3 Å². The molecule has 0 aromatic heterocycles. The van der Waals surface area contributed by atoms with Gasteiger partial charge in [-0.05, 0) is 37.0 Å². The van der Waals surface area contributed by atoms with Gasteiger partial charge in [0.1, 0.15) is 0 Å². The van der Waals surface area contributed by atoms with Gasteiger partial charge in [0.2, 0.25) is 0 Å². The minimum atomic E-state index is -0.844. The van der Waals surface area contributed by atoms with Gasteiger partial charge in [-0.2, -0.15) is 0 Å². The molecule has 0 atom stereocenters. The van der Waals surface area contributed by atoms with Crippen molar-refractivity contribution in [3.63, 3.8) is 0 Å². The predicted octanol–water partition coefficient (Wildman–Crippen LogP) is 1.98. The van der Waals surface area contributed by atoms with Gasteiger partial charge < -0.3 is 10.0 Å². The van der Waals surface area contributed by atoms with E-state index >= 15 is 0 Å². The van der Waals surface area contributed by atoms with Gasteiger partial charge >= 0.3 is 5.97 Å². The molecule has 3 nitrogen and oxygen atoms in total. The molecule has 0 spiro atoms. The number of anilines is 1. The van der Waals surface area contributed by atoms with Crippen molar-refractivity contribution in [2.45, 2.75) is 18.9 Å². The first-order chi connectivity index (χ1) is 7.24. The maximum atomic E-state index is 10.8. The van der Waals surface area contributed by atoms with E-state index in [4.69, 9.17) is 5.11 Å². The topological polar surface area (TPSA) is 40.5 Å². The number of hydrogen-bond acceptors (Lipinski definition) is 2. The summed E-state index contributed by atoms with van der Waals surface area (Å²) >= 11 is 0. The molecule has 1 N–H and O–H groups in total. The number of hydrogen-bond donors (Lipinski definition) is 1. The van der Waals surface area contributed by atoms with Crippen molar-refractivity contribution < 1.29 is 9.90 Å². The highest BCUT2D eigenvalue weighted by Crippen LogP contribution is 2.43. The van der Waals surface area contributed by atoms with E-state index in [1.54, 1.807) is 12.1 Å². The number of fused-ring (bicyclic) bond motifs is 1. The Kier molecular flexibility index (Phi) is 1.75. The zero-order valence-corrected chi connectivity index (χ0v) is 8.39. The third-order valence-electron chi connectivity index (χ3n) is 3.53. The average molecular weight is 203 g/mol. The van der Waals surface area contributed by atoms with E-state index in [2.05, 4.69) is 4.90 Å². The fraction of sp³-hybridized carbons (Fsp3) is 0.417. The van der Waals surface area contributed by atoms with Crippen LogP contribution in [0.1, 0.15) is 23.2 Å². The number of carboxylic acids is 1. The van der Waals surface area contributed by atoms with Crippen LogP contribution in [0, 0.1) is 5.92 Å². The summed E-state index contributed by atoms with van der Waals surface area (Å²) in [4.78, 5) is 13.2. The average Bonchev–Trinajstić information content (AvgIpc) is 2.75. The van der Waals surface area contributed by atoms with Crippen LogP contribution in [0.15, 0.2) is 24.3 Å². The van der Waals surface area contributed by atoms with E-state index in [1.807, 2.05) is 12.1 Å². The highest BCUT2D eigenvalue weighted by molar-refractivity contribution is 5.88. The Morgan fingerprint density at radius 2 is 2.20 bits per heavy atom. The van der Waals surface area contributed by atoms with Crippen LogP contribution in [0.3, 0.4) is 0 Å². The molecule has 1 aliphatic carbocycles. The van der Waals surface area contributed by atoms with Gasteiger partial charge in [-0.3, -0.25) is 0 Å². The third kappa shape index (κ3) is 1.30. The summed E-state index contributed by atoms with van der Waals surface area (Å²) in [6.45, 7) is 1.10. The lowest BCUT2D eigenvalue weighted by molar-refractivity contribution is 0.0697. The summed E-state index contributed by atoms with van der Waals surface area (Å²) < 4.78 is 0. The van der Waals surface area contributed by atoms with Gasteiger partial charge in [0.05, 0.1) is 5.56 Å². The Balaban J connectivity index is 1.91. The summed E-state index contributed by atoms with van der Waals surface area (Å²) in [6.07, 6.45) is 2.58. The molecule has 0 unspecified atom stereocenters. The number of benzene rings is 1. The summed E-state index contributed by atoms with van der Waals surface area (Å²) in [6, 6.07) is 7.93. The molecule has 2 bridgehead atoms. The Hall–Kier alpha value is -1.51. The molecule has 1 aromatic rings. The van der Waals surface area contributed by atoms with Gasteiger partial charge in [-0.15, -0.1) is 0 Å². The molecule has 78 valence electrons. The van der Waals surface area contributed by atoms with Crippen molar-refractivity contribution in [1.29, 1.82) is 0 Å². The number of nitrogens with zero attached hydrogens (tertiary/aromatic N) is 1. The SMILES string of the molecule is O=C(O)c1cccc(N2CC3CC2C3)c1. The van der Waals surface area contributed by atoms with Gasteiger partial charge in [0.25, 0.3) is 0 Å². The van der Waals surface area contributed by atoms with Gasteiger partial charge in [-0.1, -0.05) is 6.07 Å². The predicted molar refractivity (Wildman–Crippen MR) is 57.3 cm³/mol. The third-order valence-corrected chi connectivity index (χ3v) is 3.53. The number of rotatable bonds is 2. The van der Waals surface area contributed by atoms with Crippen LogP contribution in [-0.2, 0) is 0 Å². The maximum absolute atomic E-state index is 10.8. The summed E-state index contributed by atoms with van der Waals surface area (Å²) in [7, 11) is 0. The van der Waals surface area contributed by atoms with Crippen LogP contribution in [0.5, 0.6) is 0 Å². The molecular weight excluding hydrogens is 190 g/mol. The van der Waals surface area contributed by atoms with Crippen molar-refractivity contribution in [2.75, 3.05) is 11.4 Å². The molecule has 2 heterocycles. The van der Waals surface area contributed by atoms with Crippen LogP contribution in [0.4, 0.5) is 5.69 Å². The molecule has 3 heteroatoms. The smallest absolute Gasteiger partial charge is 0.335 e. The van der Waals surface area contributed by atoms with Crippen LogP contribution in [-0.4, -0.2) is 23.7 Å². The standard InChI is InChI=1S/C12H13NO2/c14-12(15)9-2-1-3-10(6-9)13-7-8-4-11(13)5-8/h1-3,6,8,11H,4-5,7H2,(H,14,15). The van der Waals surface area contributed by atoms with Gasteiger partial charge in [0.15, 0.2) is 0 Å². The molecule has 3 aliphatic rings. The van der Waals surface area contributed by atoms with E-state index in [0.717, 1.165) is 18.2 Å². The second-order valence-corrected chi connectivity index (χ2v) is 4.50. The Bertz CT molecular complexity index is 410. The van der Waals surface area contributed by atoms with E-state index in [9.17, 15) is 4.79 Å². The first kappa shape index (κ1) is 8.77. The summed E-state index contributed by atoms with van der Waals surface area (Å²) in [5.41, 5.74) is 1.46. The minimum absolute atomic E-state index is 0.386. The lowest BCUT2D eigenvalue weighted by Gasteiger charge is -2.27. The monoisotopic (exact) mass is 203 g/mol. The zero-order valence-electron chi connectivity index (χ0n) is 8.39. The van der Waals surface area contributed by atoms with Gasteiger partial charge in [-0.25, -0.2) is 4.79 Å². The van der Waals surface area contributed by atoms with Crippen molar-refractivity contribution in [1.82, 2.24) is 0 Å². The van der Waals surface area contributed by atoms with Crippen molar-refractivity contribution >= 4 is 11.7 Å². The molecule has 0 radical (unpaired) electrons. The van der Waals surface area contributed by atoms with Crippen LogP contribution in [0.25, 0.3) is 0 Å². The first-order valence-electron chi connectivity index (χ1n) is 5.34. The highest BCUT2D eigenvalue weighted by Gasteiger charge is 2.42. The molecule has 2 saturated heterocycles. The van der Waals surface area contributed by atoms with Crippen molar-refractivity contribution in [3.05, 3.63) is 29.8 Å². The highest BCUT2D eigenvalue weighted by atomic mass is 16.4. The molecule has 4 rings (SSSR count). The summed E-state index contributed by atoms with van der Waals surface area (Å²) in [5, 5.41) is 8.91. The van der Waals surface area contributed by atoms with E-state index in [1.165, 1.54) is 12.8 Å². The van der Waals surface area contributed by atoms with E-state index < -0.39 is 5.97 Å². The fourth-order valence-electron chi connectivity index (χ4n) is 2.67. The number of aromatic carboxylic acids is 1. The molecule has 1 saturated carbocycles. The zero-order chi connectivity index (χ0) is 10.4. The second-order valence-electron chi connectivity index (χ2n) is 4.50. The van der Waals surface area contributed by atoms with Crippen LogP contribution in [0.2, 0.25) is 0 Å². The quantitative estimate of drug-likeness (QED) is 0.799. The van der Waals surface area contributed by atoms with Gasteiger partial charge in [0, 0.05) is 18.3 Å². The van der Waals surface area contributed by atoms with E-state index in [0.29, 0.717) is 11.6 Å². The lowest BCUT2D eigenvalue weighted by Crippen LogP contribution is -2.28. The molecule has 0 amide bonds. The molecule has 15 heavy (non-hydrogen) atoms. The Morgan fingerprint density at radius 1 is 1.40 bits per heavy atom. The maximum Gasteiger partial charge on any atom is 0.335 e. The second kappa shape index (κ2) is 2.99. The molecule has 2 aliphatic heterocycles. The van der Waals surface area contributed by atoms with E-state index in [-0.39, 0.29) is 0 Å². The molecule has 3 fully saturated rings. The number of carbonyl (C=O) groups is 1. The van der Waals surface area contributed by atoms with Crippen LogP contribution >= 0.6 is 0 Å². The molecular formula is C12H13NO2. The van der Waals surface area contributed by atoms with Crippen molar-refractivity contribution in [3.8, 4) is 0 Å². The number of carboxylic acid groups (broad SMARTS) is 1. The first-order valence-corrected chi connectivity index (χ1v) is 5.34. The van der Waals surface area contributed by atoms with Crippen LogP contribution < -0.4 is 4.90 Å². The summed E-state index contributed by atoms with van der Waals surface area (Å²) in [5.74, 6) is 0.00637. The normalized spacial score (nSPS) is 27.6. The largest absolute Gasteiger partial charge is 0.478 e. The minimum Gasteiger partial charge on any atom is -0.478 e. The lowest BCUT2D eigenvalue weighted by atomic mass is 9.86. The fourth-order valence-corrected chi connectivity index (χ4v) is 2.67. The Morgan fingerprint density at radius 3 is 2.80 bits per heavy atom. The van der Waals surface area contributed by atoms with Crippen molar-refractivity contribution in [2.24, 2.45) is 5.92 Å². The molecule has 1 aromatic carbocycles.